The topological polar surface area (TPSA) is 54.5 Å². The summed E-state index contributed by atoms with van der Waals surface area (Å²) < 4.78 is 40.8. The van der Waals surface area contributed by atoms with Gasteiger partial charge in [-0.1, -0.05) is 29.8 Å². The van der Waals surface area contributed by atoms with Gasteiger partial charge >= 0.3 is 0 Å². The molecule has 0 spiro atoms. The number of rotatable bonds is 2. The Bertz CT molecular complexity index is 860. The Morgan fingerprint density at radius 3 is 2.48 bits per heavy atom. The van der Waals surface area contributed by atoms with E-state index in [-0.39, 0.29) is 41.3 Å². The Morgan fingerprint density at radius 2 is 1.78 bits per heavy atom. The highest BCUT2D eigenvalue weighted by molar-refractivity contribution is 7.89. The highest BCUT2D eigenvalue weighted by Gasteiger charge is 2.30. The standard InChI is InChI=1S/C17H16FNO3S/c1-12-5-7-13(8-6-12)23(21,22)19-10-9-17(20)14-3-2-4-16(18)15(14)11-19/h2-8H,9-11H2,1H3. The van der Waals surface area contributed by atoms with Crippen LogP contribution in [0, 0.1) is 12.7 Å². The van der Waals surface area contributed by atoms with Crippen LogP contribution in [0.15, 0.2) is 47.4 Å². The predicted molar refractivity (Wildman–Crippen MR) is 84.1 cm³/mol. The third kappa shape index (κ3) is 2.92. The average Bonchev–Trinajstić information content (AvgIpc) is 2.69. The zero-order valence-corrected chi connectivity index (χ0v) is 13.4. The van der Waals surface area contributed by atoms with Gasteiger partial charge in [-0.3, -0.25) is 4.79 Å². The molecular formula is C17H16FNO3S. The lowest BCUT2D eigenvalue weighted by Crippen LogP contribution is -2.31. The van der Waals surface area contributed by atoms with E-state index in [0.29, 0.717) is 0 Å². The lowest BCUT2D eigenvalue weighted by Gasteiger charge is -2.20. The molecule has 0 radical (unpaired) electrons. The Kier molecular flexibility index (Phi) is 4.04. The number of fused-ring (bicyclic) bond motifs is 1. The number of sulfonamides is 1. The number of hydrogen-bond donors (Lipinski definition) is 0. The molecule has 0 N–H and O–H groups in total. The monoisotopic (exact) mass is 333 g/mol. The van der Waals surface area contributed by atoms with E-state index in [2.05, 4.69) is 0 Å². The second-order valence-electron chi connectivity index (χ2n) is 5.59. The third-order valence-corrected chi connectivity index (χ3v) is 5.86. The van der Waals surface area contributed by atoms with Gasteiger partial charge in [0.05, 0.1) is 4.90 Å². The summed E-state index contributed by atoms with van der Waals surface area (Å²) in [5.74, 6) is -0.789. The van der Waals surface area contributed by atoms with Gasteiger partial charge in [-0.05, 0) is 25.1 Å². The molecule has 0 unspecified atom stereocenters. The molecule has 4 nitrogen and oxygen atoms in total. The minimum atomic E-state index is -3.77. The summed E-state index contributed by atoms with van der Waals surface area (Å²) in [4.78, 5) is 12.3. The number of nitrogens with zero attached hydrogens (tertiary/aromatic N) is 1. The highest BCUT2D eigenvalue weighted by Crippen LogP contribution is 2.26. The van der Waals surface area contributed by atoms with Crippen LogP contribution in [-0.4, -0.2) is 25.1 Å². The first-order chi connectivity index (χ1) is 10.9. The molecule has 0 saturated carbocycles. The quantitative estimate of drug-likeness (QED) is 0.849. The molecule has 0 amide bonds. The summed E-state index contributed by atoms with van der Waals surface area (Å²) in [6, 6.07) is 10.7. The van der Waals surface area contributed by atoms with Gasteiger partial charge < -0.3 is 0 Å². The Hall–Kier alpha value is -2.05. The first kappa shape index (κ1) is 15.8. The molecule has 23 heavy (non-hydrogen) atoms. The molecule has 1 heterocycles. The average molecular weight is 333 g/mol. The lowest BCUT2D eigenvalue weighted by molar-refractivity contribution is 0.0981. The van der Waals surface area contributed by atoms with E-state index < -0.39 is 15.8 Å². The molecular weight excluding hydrogens is 317 g/mol. The summed E-state index contributed by atoms with van der Waals surface area (Å²) in [5.41, 5.74) is 1.36. The maximum Gasteiger partial charge on any atom is 0.243 e. The van der Waals surface area contributed by atoms with Crippen LogP contribution in [-0.2, 0) is 16.6 Å². The van der Waals surface area contributed by atoms with Crippen LogP contribution >= 0.6 is 0 Å². The smallest absolute Gasteiger partial charge is 0.243 e. The Morgan fingerprint density at radius 1 is 1.09 bits per heavy atom. The normalized spacial score (nSPS) is 16.0. The Labute approximate surface area is 134 Å². The summed E-state index contributed by atoms with van der Waals surface area (Å²) >= 11 is 0. The summed E-state index contributed by atoms with van der Waals surface area (Å²) in [6.45, 7) is 1.78. The zero-order valence-electron chi connectivity index (χ0n) is 12.6. The molecule has 0 fully saturated rings. The van der Waals surface area contributed by atoms with Gasteiger partial charge in [-0.15, -0.1) is 0 Å². The van der Waals surface area contributed by atoms with Gasteiger partial charge in [0.1, 0.15) is 5.82 Å². The van der Waals surface area contributed by atoms with Gasteiger partial charge in [0, 0.05) is 30.6 Å². The number of Topliss-reactive ketones (excluding diaryl/α,β-unsaturated/α-hetero) is 1. The van der Waals surface area contributed by atoms with Crippen molar-refractivity contribution in [2.75, 3.05) is 6.54 Å². The van der Waals surface area contributed by atoms with Crippen LogP contribution in [0.2, 0.25) is 0 Å². The van der Waals surface area contributed by atoms with Crippen molar-refractivity contribution >= 4 is 15.8 Å². The predicted octanol–water partition coefficient (Wildman–Crippen LogP) is 2.91. The van der Waals surface area contributed by atoms with Crippen LogP contribution in [0.25, 0.3) is 0 Å². The van der Waals surface area contributed by atoms with E-state index in [9.17, 15) is 17.6 Å². The van der Waals surface area contributed by atoms with Crippen LogP contribution < -0.4 is 0 Å². The number of halogens is 1. The SMILES string of the molecule is Cc1ccc(S(=O)(=O)N2CCC(=O)c3cccc(F)c3C2)cc1. The fraction of sp³-hybridized carbons (Fsp3) is 0.235. The highest BCUT2D eigenvalue weighted by atomic mass is 32.2. The fourth-order valence-electron chi connectivity index (χ4n) is 2.66. The molecule has 120 valence electrons. The van der Waals surface area contributed by atoms with Gasteiger partial charge in [-0.25, -0.2) is 12.8 Å². The maximum atomic E-state index is 14.1. The summed E-state index contributed by atoms with van der Waals surface area (Å²) in [7, 11) is -3.77. The number of ketones is 1. The van der Waals surface area contributed by atoms with Crippen LogP contribution in [0.4, 0.5) is 4.39 Å². The molecule has 1 aliphatic rings. The van der Waals surface area contributed by atoms with Gasteiger partial charge in [-0.2, -0.15) is 4.31 Å². The summed E-state index contributed by atoms with van der Waals surface area (Å²) in [6.07, 6.45) is 0.0432. The van der Waals surface area contributed by atoms with Crippen molar-refractivity contribution in [1.29, 1.82) is 0 Å². The number of carbonyl (C=O) groups excluding carboxylic acids is 1. The second kappa shape index (κ2) is 5.86. The molecule has 6 heteroatoms. The Balaban J connectivity index is 2.03. The van der Waals surface area contributed by atoms with Crippen molar-refractivity contribution in [3.05, 3.63) is 65.0 Å². The largest absolute Gasteiger partial charge is 0.294 e. The second-order valence-corrected chi connectivity index (χ2v) is 7.53. The van der Waals surface area contributed by atoms with Gasteiger partial charge in [0.15, 0.2) is 5.78 Å². The minimum absolute atomic E-state index is 0.0432. The third-order valence-electron chi connectivity index (χ3n) is 4.00. The number of aryl methyl sites for hydroxylation is 1. The van der Waals surface area contributed by atoms with Crippen LogP contribution in [0.3, 0.4) is 0 Å². The van der Waals surface area contributed by atoms with Gasteiger partial charge in [0.2, 0.25) is 10.0 Å². The van der Waals surface area contributed by atoms with E-state index in [1.807, 2.05) is 6.92 Å². The van der Waals surface area contributed by atoms with E-state index in [1.54, 1.807) is 18.2 Å². The molecule has 3 rings (SSSR count). The van der Waals surface area contributed by atoms with Crippen molar-refractivity contribution in [3.8, 4) is 0 Å². The first-order valence-electron chi connectivity index (χ1n) is 7.27. The number of carbonyl (C=O) groups is 1. The zero-order chi connectivity index (χ0) is 16.6. The lowest BCUT2D eigenvalue weighted by atomic mass is 10.0. The fourth-order valence-corrected chi connectivity index (χ4v) is 4.07. The van der Waals surface area contributed by atoms with Crippen molar-refractivity contribution < 1.29 is 17.6 Å². The number of hydrogen-bond acceptors (Lipinski definition) is 3. The van der Waals surface area contributed by atoms with E-state index in [4.69, 9.17) is 0 Å². The number of benzene rings is 2. The van der Waals surface area contributed by atoms with E-state index in [0.717, 1.165) is 5.56 Å². The van der Waals surface area contributed by atoms with E-state index in [1.165, 1.54) is 28.6 Å². The van der Waals surface area contributed by atoms with E-state index >= 15 is 0 Å². The molecule has 0 aromatic heterocycles. The van der Waals surface area contributed by atoms with Crippen molar-refractivity contribution in [2.24, 2.45) is 0 Å². The van der Waals surface area contributed by atoms with Crippen LogP contribution in [0.1, 0.15) is 27.9 Å². The summed E-state index contributed by atoms with van der Waals surface area (Å²) in [5, 5.41) is 0. The van der Waals surface area contributed by atoms with Crippen molar-refractivity contribution in [2.45, 2.75) is 24.8 Å². The molecule has 2 aromatic rings. The molecule has 0 saturated heterocycles. The maximum absolute atomic E-state index is 14.1. The molecule has 0 atom stereocenters. The minimum Gasteiger partial charge on any atom is -0.294 e. The van der Waals surface area contributed by atoms with Crippen LogP contribution in [0.5, 0.6) is 0 Å². The molecule has 0 aliphatic carbocycles. The molecule has 2 aromatic carbocycles. The van der Waals surface area contributed by atoms with Crippen molar-refractivity contribution in [1.82, 2.24) is 4.31 Å². The molecule has 1 aliphatic heterocycles. The molecule has 0 bridgehead atoms. The first-order valence-corrected chi connectivity index (χ1v) is 8.71. The van der Waals surface area contributed by atoms with Gasteiger partial charge in [0.25, 0.3) is 0 Å². The van der Waals surface area contributed by atoms with Crippen molar-refractivity contribution in [3.63, 3.8) is 0 Å².